The van der Waals surface area contributed by atoms with Crippen LogP contribution in [0.1, 0.15) is 19.4 Å². The molecule has 12 heteroatoms. The topological polar surface area (TPSA) is 152 Å². The molecular formula is C23H23N5O6S. The summed E-state index contributed by atoms with van der Waals surface area (Å²) in [5, 5.41) is 18.5. The van der Waals surface area contributed by atoms with Crippen LogP contribution in [0.3, 0.4) is 0 Å². The number of ether oxygens (including phenoxy) is 1. The quantitative estimate of drug-likeness (QED) is 0.228. The Morgan fingerprint density at radius 3 is 2.43 bits per heavy atom. The number of rotatable bonds is 9. The van der Waals surface area contributed by atoms with Crippen molar-refractivity contribution in [3.8, 4) is 5.75 Å². The first-order valence-electron chi connectivity index (χ1n) is 10.2. The maximum absolute atomic E-state index is 12.8. The molecule has 0 heterocycles. The molecule has 0 fully saturated rings. The number of carbonyl (C=O) groups excluding carboxylic acids is 1. The van der Waals surface area contributed by atoms with Crippen molar-refractivity contribution in [2.75, 3.05) is 22.6 Å². The Bertz CT molecular complexity index is 1410. The molecule has 0 saturated heterocycles. The molecule has 0 atom stereocenters. The van der Waals surface area contributed by atoms with Gasteiger partial charge in [-0.25, -0.2) is 8.42 Å². The summed E-state index contributed by atoms with van der Waals surface area (Å²) in [6.07, 6.45) is 0. The highest BCUT2D eigenvalue weighted by Gasteiger charge is 2.22. The molecule has 0 spiro atoms. The number of hydrogen-bond acceptors (Lipinski definition) is 8. The van der Waals surface area contributed by atoms with E-state index in [2.05, 4.69) is 20.6 Å². The van der Waals surface area contributed by atoms with Crippen molar-refractivity contribution >= 4 is 44.4 Å². The molecule has 0 aromatic heterocycles. The highest BCUT2D eigenvalue weighted by molar-refractivity contribution is 7.92. The molecule has 3 N–H and O–H groups in total. The summed E-state index contributed by atoms with van der Waals surface area (Å²) in [4.78, 5) is 21.9. The first-order chi connectivity index (χ1) is 16.6. The fourth-order valence-electron chi connectivity index (χ4n) is 3.09. The zero-order valence-corrected chi connectivity index (χ0v) is 19.9. The Hall–Kier alpha value is -4.45. The van der Waals surface area contributed by atoms with Crippen molar-refractivity contribution in [3.63, 3.8) is 0 Å². The van der Waals surface area contributed by atoms with E-state index in [1.807, 2.05) is 0 Å². The Morgan fingerprint density at radius 2 is 1.74 bits per heavy atom. The van der Waals surface area contributed by atoms with Gasteiger partial charge in [0.1, 0.15) is 11.4 Å². The summed E-state index contributed by atoms with van der Waals surface area (Å²) < 4.78 is 33.2. The number of anilines is 3. The monoisotopic (exact) mass is 497 g/mol. The van der Waals surface area contributed by atoms with Crippen LogP contribution in [0.2, 0.25) is 0 Å². The molecule has 1 amide bonds. The van der Waals surface area contributed by atoms with Crippen LogP contribution < -0.4 is 20.2 Å². The minimum Gasteiger partial charge on any atom is -0.495 e. The second kappa shape index (κ2) is 10.7. The van der Waals surface area contributed by atoms with E-state index in [1.54, 1.807) is 49.4 Å². The molecular weight excluding hydrogens is 474 g/mol. The van der Waals surface area contributed by atoms with Crippen LogP contribution in [0.4, 0.5) is 22.7 Å². The van der Waals surface area contributed by atoms with Crippen LogP contribution in [0.15, 0.2) is 76.7 Å². The molecule has 3 rings (SSSR count). The zero-order chi connectivity index (χ0) is 25.6. The Labute approximate surface area is 202 Å². The van der Waals surface area contributed by atoms with E-state index in [1.165, 1.54) is 32.2 Å². The second-order valence-electron chi connectivity index (χ2n) is 7.31. The van der Waals surface area contributed by atoms with Gasteiger partial charge in [0.2, 0.25) is 5.91 Å². The summed E-state index contributed by atoms with van der Waals surface area (Å²) in [7, 11) is -2.74. The third kappa shape index (κ3) is 6.32. The van der Waals surface area contributed by atoms with E-state index < -0.39 is 20.6 Å². The number of carbonyl (C=O) groups is 1. The van der Waals surface area contributed by atoms with Crippen LogP contribution in [0, 0.1) is 10.1 Å². The summed E-state index contributed by atoms with van der Waals surface area (Å²) >= 11 is 0. The van der Waals surface area contributed by atoms with Crippen LogP contribution in [0.25, 0.3) is 0 Å². The number of methoxy groups -OCH3 is 1. The number of sulfonamides is 1. The number of hydrogen-bond donors (Lipinski definition) is 3. The molecule has 0 aliphatic heterocycles. The van der Waals surface area contributed by atoms with Gasteiger partial charge in [-0.15, -0.1) is 0 Å². The largest absolute Gasteiger partial charge is 0.495 e. The van der Waals surface area contributed by atoms with Crippen molar-refractivity contribution in [3.05, 3.63) is 82.4 Å². The van der Waals surface area contributed by atoms with E-state index in [0.29, 0.717) is 22.7 Å². The van der Waals surface area contributed by atoms with Gasteiger partial charge < -0.3 is 10.1 Å². The minimum absolute atomic E-state index is 0.00334. The zero-order valence-electron chi connectivity index (χ0n) is 19.1. The molecule has 35 heavy (non-hydrogen) atoms. The third-order valence-electron chi connectivity index (χ3n) is 4.77. The standard InChI is InChI=1S/C23H23N5O6S/c1-15(17-7-6-8-18(13-17)24-16(2)29)25-26-20-12-11-19(14-22(20)28(30)31)35(32,33)27-21-9-4-5-10-23(21)34-3/h4-14,26-27H,1-3H3,(H,24,29)/b25-15+. The van der Waals surface area contributed by atoms with Gasteiger partial charge in [-0.2, -0.15) is 5.10 Å². The Balaban J connectivity index is 1.87. The van der Waals surface area contributed by atoms with Crippen LogP contribution >= 0.6 is 0 Å². The SMILES string of the molecule is COc1ccccc1NS(=O)(=O)c1ccc(N/N=C(\C)c2cccc(NC(C)=O)c2)c([N+](=O)[O-])c1. The third-order valence-corrected chi connectivity index (χ3v) is 6.14. The van der Waals surface area contributed by atoms with E-state index in [0.717, 1.165) is 6.07 Å². The number of benzene rings is 3. The molecule has 3 aromatic rings. The van der Waals surface area contributed by atoms with Gasteiger partial charge in [-0.1, -0.05) is 24.3 Å². The van der Waals surface area contributed by atoms with Crippen LogP contribution in [0.5, 0.6) is 5.75 Å². The molecule has 0 aliphatic carbocycles. The normalized spacial score (nSPS) is 11.5. The van der Waals surface area contributed by atoms with Crippen molar-refractivity contribution in [2.45, 2.75) is 18.7 Å². The smallest absolute Gasteiger partial charge is 0.295 e. The van der Waals surface area contributed by atoms with Gasteiger partial charge in [0.25, 0.3) is 15.7 Å². The number of nitrogens with zero attached hydrogens (tertiary/aromatic N) is 2. The van der Waals surface area contributed by atoms with E-state index >= 15 is 0 Å². The molecule has 0 aliphatic rings. The lowest BCUT2D eigenvalue weighted by atomic mass is 10.1. The fourth-order valence-corrected chi connectivity index (χ4v) is 4.18. The lowest BCUT2D eigenvalue weighted by molar-refractivity contribution is -0.384. The fraction of sp³-hybridized carbons (Fsp3) is 0.130. The maximum Gasteiger partial charge on any atom is 0.295 e. The number of nitrogens with one attached hydrogen (secondary N) is 3. The van der Waals surface area contributed by atoms with Crippen LogP contribution in [-0.4, -0.2) is 32.1 Å². The first-order valence-corrected chi connectivity index (χ1v) is 11.7. The average molecular weight is 498 g/mol. The number of hydrazone groups is 1. The van der Waals surface area contributed by atoms with Gasteiger partial charge in [-0.05, 0) is 48.9 Å². The minimum atomic E-state index is -4.14. The molecule has 0 saturated carbocycles. The molecule has 11 nitrogen and oxygen atoms in total. The average Bonchev–Trinajstić information content (AvgIpc) is 2.82. The van der Waals surface area contributed by atoms with E-state index in [-0.39, 0.29) is 22.2 Å². The lowest BCUT2D eigenvalue weighted by Gasteiger charge is -2.12. The maximum atomic E-state index is 12.8. The van der Waals surface area contributed by atoms with E-state index in [4.69, 9.17) is 4.74 Å². The highest BCUT2D eigenvalue weighted by atomic mass is 32.2. The van der Waals surface area contributed by atoms with Crippen molar-refractivity contribution < 1.29 is 22.9 Å². The summed E-state index contributed by atoms with van der Waals surface area (Å²) in [6, 6.07) is 16.8. The highest BCUT2D eigenvalue weighted by Crippen LogP contribution is 2.30. The first kappa shape index (κ1) is 25.2. The van der Waals surface area contributed by atoms with Gasteiger partial charge in [0.15, 0.2) is 0 Å². The molecule has 0 unspecified atom stereocenters. The predicted molar refractivity (Wildman–Crippen MR) is 133 cm³/mol. The van der Waals surface area contributed by atoms with Crippen molar-refractivity contribution in [2.24, 2.45) is 5.10 Å². The molecule has 0 radical (unpaired) electrons. The van der Waals surface area contributed by atoms with Gasteiger partial charge in [0, 0.05) is 18.7 Å². The number of nitro benzene ring substituents is 1. The van der Waals surface area contributed by atoms with E-state index in [9.17, 15) is 23.3 Å². The van der Waals surface area contributed by atoms with Gasteiger partial charge in [-0.3, -0.25) is 25.1 Å². The van der Waals surface area contributed by atoms with Crippen LogP contribution in [-0.2, 0) is 14.8 Å². The number of nitro groups is 1. The molecule has 0 bridgehead atoms. The van der Waals surface area contributed by atoms with Crippen molar-refractivity contribution in [1.82, 2.24) is 0 Å². The second-order valence-corrected chi connectivity index (χ2v) is 9.00. The van der Waals surface area contributed by atoms with Crippen molar-refractivity contribution in [1.29, 1.82) is 0 Å². The number of para-hydroxylation sites is 2. The predicted octanol–water partition coefficient (Wildman–Crippen LogP) is 4.20. The molecule has 3 aromatic carbocycles. The summed E-state index contributed by atoms with van der Waals surface area (Å²) in [6.45, 7) is 3.08. The summed E-state index contributed by atoms with van der Waals surface area (Å²) in [5.41, 5.74) is 4.08. The Morgan fingerprint density at radius 1 is 1.00 bits per heavy atom. The summed E-state index contributed by atoms with van der Waals surface area (Å²) in [5.74, 6) is 0.0805. The lowest BCUT2D eigenvalue weighted by Crippen LogP contribution is -2.14. The van der Waals surface area contributed by atoms with Gasteiger partial charge >= 0.3 is 0 Å². The molecule has 182 valence electrons. The number of amides is 1. The van der Waals surface area contributed by atoms with Gasteiger partial charge in [0.05, 0.1) is 28.3 Å². The Kier molecular flexibility index (Phi) is 7.66.